The summed E-state index contributed by atoms with van der Waals surface area (Å²) in [6, 6.07) is 6.89. The van der Waals surface area contributed by atoms with E-state index in [-0.39, 0.29) is 11.7 Å². The molecule has 1 aliphatic heterocycles. The van der Waals surface area contributed by atoms with Crippen LogP contribution in [0.2, 0.25) is 5.02 Å². The van der Waals surface area contributed by atoms with Gasteiger partial charge in [0.05, 0.1) is 27.6 Å². The Kier molecular flexibility index (Phi) is 5.12. The SMILES string of the molecule is CC(C#N)N1CCN(Cc2c(Cl)cccc2[N+](=O)[O-])CC1. The Morgan fingerprint density at radius 2 is 2.10 bits per heavy atom. The summed E-state index contributed by atoms with van der Waals surface area (Å²) in [5.74, 6) is 0. The largest absolute Gasteiger partial charge is 0.296 e. The van der Waals surface area contributed by atoms with Gasteiger partial charge >= 0.3 is 0 Å². The van der Waals surface area contributed by atoms with Crippen LogP contribution in [-0.4, -0.2) is 46.9 Å². The van der Waals surface area contributed by atoms with Crippen LogP contribution < -0.4 is 0 Å². The van der Waals surface area contributed by atoms with Gasteiger partial charge in [0, 0.05) is 38.8 Å². The van der Waals surface area contributed by atoms with Gasteiger partial charge in [0.15, 0.2) is 0 Å². The lowest BCUT2D eigenvalue weighted by atomic mass is 10.1. The van der Waals surface area contributed by atoms with Gasteiger partial charge in [0.2, 0.25) is 0 Å². The standard InChI is InChI=1S/C14H17ClN4O2/c1-11(9-16)18-7-5-17(6-8-18)10-12-13(15)3-2-4-14(12)19(20)21/h2-4,11H,5-8,10H2,1H3. The summed E-state index contributed by atoms with van der Waals surface area (Å²) in [5, 5.41) is 20.4. The van der Waals surface area contributed by atoms with Crippen molar-refractivity contribution in [1.82, 2.24) is 9.80 Å². The minimum atomic E-state index is -0.394. The van der Waals surface area contributed by atoms with Crippen molar-refractivity contribution in [3.05, 3.63) is 38.9 Å². The minimum Gasteiger partial charge on any atom is -0.296 e. The van der Waals surface area contributed by atoms with Gasteiger partial charge in [0.1, 0.15) is 0 Å². The monoisotopic (exact) mass is 308 g/mol. The first-order valence-electron chi connectivity index (χ1n) is 6.80. The van der Waals surface area contributed by atoms with E-state index in [1.165, 1.54) is 6.07 Å². The van der Waals surface area contributed by atoms with Crippen LogP contribution in [0.25, 0.3) is 0 Å². The van der Waals surface area contributed by atoms with E-state index in [0.717, 1.165) is 26.2 Å². The Labute approximate surface area is 128 Å². The summed E-state index contributed by atoms with van der Waals surface area (Å²) in [5.41, 5.74) is 0.626. The number of rotatable bonds is 4. The van der Waals surface area contributed by atoms with Crippen molar-refractivity contribution in [1.29, 1.82) is 5.26 Å². The second-order valence-corrected chi connectivity index (χ2v) is 5.52. The molecule has 0 aromatic heterocycles. The number of nitro groups is 1. The summed E-state index contributed by atoms with van der Waals surface area (Å²) in [6.45, 7) is 5.46. The van der Waals surface area contributed by atoms with Crippen molar-refractivity contribution in [2.45, 2.75) is 19.5 Å². The fourth-order valence-electron chi connectivity index (χ4n) is 2.49. The van der Waals surface area contributed by atoms with Gasteiger partial charge in [-0.05, 0) is 13.0 Å². The van der Waals surface area contributed by atoms with Gasteiger partial charge in [-0.1, -0.05) is 17.7 Å². The van der Waals surface area contributed by atoms with E-state index in [9.17, 15) is 10.1 Å². The molecule has 1 atom stereocenters. The Balaban J connectivity index is 2.05. The van der Waals surface area contributed by atoms with Gasteiger partial charge in [-0.2, -0.15) is 5.26 Å². The van der Waals surface area contributed by atoms with Crippen LogP contribution in [0.5, 0.6) is 0 Å². The third kappa shape index (κ3) is 3.70. The molecule has 0 saturated carbocycles. The van der Waals surface area contributed by atoms with Gasteiger partial charge in [-0.25, -0.2) is 0 Å². The molecule has 1 unspecified atom stereocenters. The van der Waals surface area contributed by atoms with Crippen LogP contribution in [0.15, 0.2) is 18.2 Å². The molecule has 1 saturated heterocycles. The Hall–Kier alpha value is -1.68. The zero-order valence-corrected chi connectivity index (χ0v) is 12.6. The minimum absolute atomic E-state index is 0.0651. The first kappa shape index (κ1) is 15.7. The average Bonchev–Trinajstić information content (AvgIpc) is 2.49. The first-order valence-corrected chi connectivity index (χ1v) is 7.18. The molecule has 6 nitrogen and oxygen atoms in total. The lowest BCUT2D eigenvalue weighted by Crippen LogP contribution is -2.48. The van der Waals surface area contributed by atoms with E-state index < -0.39 is 4.92 Å². The fourth-order valence-corrected chi connectivity index (χ4v) is 2.72. The number of nitrogens with zero attached hydrogens (tertiary/aromatic N) is 4. The van der Waals surface area contributed by atoms with Crippen LogP contribution >= 0.6 is 11.6 Å². The molecule has 0 N–H and O–H groups in total. The van der Waals surface area contributed by atoms with Crippen molar-refractivity contribution in [3.63, 3.8) is 0 Å². The van der Waals surface area contributed by atoms with Crippen LogP contribution in [0.3, 0.4) is 0 Å². The number of halogens is 1. The number of piperazine rings is 1. The molecule has 1 aliphatic rings. The van der Waals surface area contributed by atoms with Crippen LogP contribution in [-0.2, 0) is 6.54 Å². The Morgan fingerprint density at radius 3 is 2.67 bits per heavy atom. The van der Waals surface area contributed by atoms with Crippen molar-refractivity contribution in [2.75, 3.05) is 26.2 Å². The van der Waals surface area contributed by atoms with Crippen molar-refractivity contribution in [2.24, 2.45) is 0 Å². The van der Waals surface area contributed by atoms with Crippen molar-refractivity contribution < 1.29 is 4.92 Å². The molecule has 2 rings (SSSR count). The first-order chi connectivity index (χ1) is 10.0. The predicted octanol–water partition coefficient (Wildman–Crippen LogP) is 2.28. The molecule has 0 amide bonds. The van der Waals surface area contributed by atoms with Gasteiger partial charge in [-0.3, -0.25) is 19.9 Å². The number of nitriles is 1. The molecule has 112 valence electrons. The molecule has 0 radical (unpaired) electrons. The Bertz CT molecular complexity index is 565. The molecule has 21 heavy (non-hydrogen) atoms. The molecular weight excluding hydrogens is 292 g/mol. The molecule has 0 bridgehead atoms. The summed E-state index contributed by atoms with van der Waals surface area (Å²) < 4.78 is 0. The highest BCUT2D eigenvalue weighted by atomic mass is 35.5. The third-order valence-electron chi connectivity index (χ3n) is 3.81. The fraction of sp³-hybridized carbons (Fsp3) is 0.500. The molecule has 0 spiro atoms. The number of hydrogen-bond donors (Lipinski definition) is 0. The summed E-state index contributed by atoms with van der Waals surface area (Å²) >= 11 is 6.11. The maximum absolute atomic E-state index is 11.1. The normalized spacial score (nSPS) is 18.1. The van der Waals surface area contributed by atoms with Crippen molar-refractivity contribution in [3.8, 4) is 6.07 Å². The zero-order chi connectivity index (χ0) is 15.4. The van der Waals surface area contributed by atoms with Crippen molar-refractivity contribution >= 4 is 17.3 Å². The summed E-state index contributed by atoms with van der Waals surface area (Å²) in [4.78, 5) is 14.9. The maximum atomic E-state index is 11.1. The topological polar surface area (TPSA) is 73.4 Å². The van der Waals surface area contributed by atoms with Gasteiger partial charge < -0.3 is 0 Å². The molecule has 7 heteroatoms. The lowest BCUT2D eigenvalue weighted by molar-refractivity contribution is -0.385. The van der Waals surface area contributed by atoms with E-state index in [1.54, 1.807) is 12.1 Å². The highest BCUT2D eigenvalue weighted by Gasteiger charge is 2.24. The number of benzene rings is 1. The van der Waals surface area contributed by atoms with Crippen LogP contribution in [0.1, 0.15) is 12.5 Å². The lowest BCUT2D eigenvalue weighted by Gasteiger charge is -2.35. The van der Waals surface area contributed by atoms with Gasteiger partial charge in [0.25, 0.3) is 5.69 Å². The summed E-state index contributed by atoms with van der Waals surface area (Å²) in [7, 11) is 0. The molecule has 1 heterocycles. The molecule has 1 aromatic carbocycles. The molecule has 1 aromatic rings. The third-order valence-corrected chi connectivity index (χ3v) is 4.17. The van der Waals surface area contributed by atoms with Gasteiger partial charge in [-0.15, -0.1) is 0 Å². The second-order valence-electron chi connectivity index (χ2n) is 5.11. The molecular formula is C14H17ClN4O2. The zero-order valence-electron chi connectivity index (χ0n) is 11.8. The molecule has 1 fully saturated rings. The van der Waals surface area contributed by atoms with E-state index in [0.29, 0.717) is 17.1 Å². The van der Waals surface area contributed by atoms with E-state index in [2.05, 4.69) is 15.9 Å². The van der Waals surface area contributed by atoms with E-state index in [1.807, 2.05) is 6.92 Å². The Morgan fingerprint density at radius 1 is 1.43 bits per heavy atom. The summed E-state index contributed by atoms with van der Waals surface area (Å²) in [6.07, 6.45) is 0. The average molecular weight is 309 g/mol. The quantitative estimate of drug-likeness (QED) is 0.630. The van der Waals surface area contributed by atoms with Crippen LogP contribution in [0, 0.1) is 21.4 Å². The number of hydrogen-bond acceptors (Lipinski definition) is 5. The maximum Gasteiger partial charge on any atom is 0.275 e. The smallest absolute Gasteiger partial charge is 0.275 e. The highest BCUT2D eigenvalue weighted by Crippen LogP contribution is 2.27. The van der Waals surface area contributed by atoms with E-state index >= 15 is 0 Å². The predicted molar refractivity (Wildman–Crippen MR) is 80.0 cm³/mol. The molecule has 0 aliphatic carbocycles. The number of nitro benzene ring substituents is 1. The highest BCUT2D eigenvalue weighted by molar-refractivity contribution is 6.31. The second kappa shape index (κ2) is 6.85. The van der Waals surface area contributed by atoms with Crippen LogP contribution in [0.4, 0.5) is 5.69 Å². The van der Waals surface area contributed by atoms with E-state index in [4.69, 9.17) is 16.9 Å².